The van der Waals surface area contributed by atoms with Crippen LogP contribution in [0.4, 0.5) is 14.0 Å². The van der Waals surface area contributed by atoms with Gasteiger partial charge in [-0.2, -0.15) is 0 Å². The lowest BCUT2D eigenvalue weighted by molar-refractivity contribution is 0.00939. The van der Waals surface area contributed by atoms with Gasteiger partial charge in [-0.1, -0.05) is 48.0 Å². The van der Waals surface area contributed by atoms with Gasteiger partial charge < -0.3 is 33.9 Å². The molecule has 0 aliphatic heterocycles. The molecule has 1 fully saturated rings. The zero-order chi connectivity index (χ0) is 39.6. The minimum atomic E-state index is -0.765. The van der Waals surface area contributed by atoms with Crippen LogP contribution in [0.5, 0.6) is 5.75 Å². The maximum atomic E-state index is 16.5. The molecule has 3 aromatic rings. The monoisotopic (exact) mass is 768 g/mol. The first-order chi connectivity index (χ1) is 25.5. The van der Waals surface area contributed by atoms with Crippen LogP contribution in [0.25, 0.3) is 11.1 Å². The van der Waals surface area contributed by atoms with E-state index in [0.717, 1.165) is 11.1 Å². The summed E-state index contributed by atoms with van der Waals surface area (Å²) in [5.74, 6) is -1.95. The Bertz CT molecular complexity index is 1730. The largest absolute Gasteiger partial charge is 0.488 e. The average molecular weight is 769 g/mol. The maximum Gasteiger partial charge on any atom is 0.410 e. The van der Waals surface area contributed by atoms with Crippen molar-refractivity contribution in [2.45, 2.75) is 103 Å². The van der Waals surface area contributed by atoms with Gasteiger partial charge in [0.1, 0.15) is 17.8 Å². The lowest BCUT2D eigenvalue weighted by Crippen LogP contribution is -2.49. The van der Waals surface area contributed by atoms with Crippen molar-refractivity contribution in [2.75, 3.05) is 33.5 Å². The van der Waals surface area contributed by atoms with Crippen molar-refractivity contribution in [1.29, 1.82) is 0 Å². The molecule has 4 rings (SSSR count). The van der Waals surface area contributed by atoms with Gasteiger partial charge in [0.05, 0.1) is 18.8 Å². The summed E-state index contributed by atoms with van der Waals surface area (Å²) in [6, 6.07) is 17.5. The number of carbonyl (C=O) groups is 3. The van der Waals surface area contributed by atoms with Gasteiger partial charge in [0, 0.05) is 47.8 Å². The summed E-state index contributed by atoms with van der Waals surface area (Å²) in [5, 5.41) is 3.19. The van der Waals surface area contributed by atoms with E-state index >= 15 is 4.39 Å². The van der Waals surface area contributed by atoms with Crippen molar-refractivity contribution in [3.63, 3.8) is 0 Å². The van der Waals surface area contributed by atoms with Gasteiger partial charge in [-0.15, -0.1) is 0 Å². The van der Waals surface area contributed by atoms with Crippen molar-refractivity contribution < 1.29 is 42.5 Å². The van der Waals surface area contributed by atoms with Gasteiger partial charge in [-0.3, -0.25) is 0 Å². The second kappa shape index (κ2) is 18.8. The number of nitrogens with one attached hydrogen (secondary N) is 1. The molecule has 1 aliphatic carbocycles. The summed E-state index contributed by atoms with van der Waals surface area (Å²) in [4.78, 5) is 41.5. The summed E-state index contributed by atoms with van der Waals surface area (Å²) in [6.45, 7) is 13.3. The van der Waals surface area contributed by atoms with Gasteiger partial charge >= 0.3 is 18.2 Å². The van der Waals surface area contributed by atoms with E-state index in [0.29, 0.717) is 25.7 Å². The fourth-order valence-corrected chi connectivity index (χ4v) is 6.69. The molecule has 10 nitrogen and oxygen atoms in total. The highest BCUT2D eigenvalue weighted by molar-refractivity contribution is 6.33. The molecule has 1 N–H and O–H groups in total. The highest BCUT2D eigenvalue weighted by Crippen LogP contribution is 2.40. The number of ether oxygens (including phenoxy) is 5. The quantitative estimate of drug-likeness (QED) is 0.104. The molecule has 0 aromatic heterocycles. The second-order valence-corrected chi connectivity index (χ2v) is 15.8. The third kappa shape index (κ3) is 11.8. The minimum absolute atomic E-state index is 0.00381. The Labute approximate surface area is 323 Å². The third-order valence-electron chi connectivity index (χ3n) is 8.88. The molecule has 1 saturated carbocycles. The number of hydrogen-bond donors (Lipinski definition) is 1. The number of nitrogens with zero attached hydrogens (tertiary/aromatic N) is 1. The molecule has 2 amide bonds. The van der Waals surface area contributed by atoms with E-state index in [1.165, 1.54) is 19.2 Å². The number of esters is 1. The van der Waals surface area contributed by atoms with E-state index < -0.39 is 41.1 Å². The number of hydrogen-bond acceptors (Lipinski definition) is 8. The van der Waals surface area contributed by atoms with Crippen molar-refractivity contribution in [3.05, 3.63) is 88.2 Å². The number of halogens is 2. The highest BCUT2D eigenvalue weighted by atomic mass is 35.5. The molecule has 294 valence electrons. The fraction of sp³-hybridized carbons (Fsp3) is 0.500. The van der Waals surface area contributed by atoms with Gasteiger partial charge in [0.25, 0.3) is 0 Å². The number of carbonyl (C=O) groups excluding carboxylic acids is 3. The summed E-state index contributed by atoms with van der Waals surface area (Å²) in [7, 11) is 1.52. The number of benzene rings is 3. The number of amides is 2. The predicted octanol–water partition coefficient (Wildman–Crippen LogP) is 9.55. The smallest absolute Gasteiger partial charge is 0.410 e. The van der Waals surface area contributed by atoms with Crippen molar-refractivity contribution >= 4 is 29.8 Å². The molecule has 1 unspecified atom stereocenters. The molecule has 1 atom stereocenters. The van der Waals surface area contributed by atoms with Crippen LogP contribution >= 0.6 is 11.6 Å². The SMILES string of the molecule is CCOC(=O)c1ccc(OCCOC)c(F)c1-c1cc(C(CN(C(=O)OC(C)(C)C)C2CCC(NC(=O)OC(C)(C)C)CC2)c2ccccc2)ccc1Cl. The highest BCUT2D eigenvalue weighted by Gasteiger charge is 2.35. The summed E-state index contributed by atoms with van der Waals surface area (Å²) < 4.78 is 43.9. The van der Waals surface area contributed by atoms with Crippen LogP contribution in [0.2, 0.25) is 5.02 Å². The van der Waals surface area contributed by atoms with Crippen LogP contribution in [0.15, 0.2) is 60.7 Å². The van der Waals surface area contributed by atoms with Crippen LogP contribution in [-0.2, 0) is 18.9 Å². The van der Waals surface area contributed by atoms with E-state index in [-0.39, 0.29) is 65.9 Å². The van der Waals surface area contributed by atoms with Crippen molar-refractivity contribution in [2.24, 2.45) is 0 Å². The molecule has 12 heteroatoms. The first-order valence-corrected chi connectivity index (χ1v) is 18.8. The number of alkyl carbamates (subject to hydrolysis) is 1. The number of rotatable bonds is 13. The van der Waals surface area contributed by atoms with E-state index in [1.54, 1.807) is 24.0 Å². The maximum absolute atomic E-state index is 16.5. The summed E-state index contributed by atoms with van der Waals surface area (Å²) in [5.41, 5.74) is 0.479. The van der Waals surface area contributed by atoms with Crippen LogP contribution in [0.1, 0.15) is 102 Å². The second-order valence-electron chi connectivity index (χ2n) is 15.3. The Kier molecular flexibility index (Phi) is 14.8. The molecule has 0 spiro atoms. The molecule has 0 saturated heterocycles. The zero-order valence-electron chi connectivity index (χ0n) is 32.6. The summed E-state index contributed by atoms with van der Waals surface area (Å²) >= 11 is 6.82. The predicted molar refractivity (Wildman–Crippen MR) is 207 cm³/mol. The summed E-state index contributed by atoms with van der Waals surface area (Å²) in [6.07, 6.45) is 1.60. The Morgan fingerprint density at radius 2 is 1.56 bits per heavy atom. The van der Waals surface area contributed by atoms with Crippen molar-refractivity contribution in [1.82, 2.24) is 10.2 Å². The fourth-order valence-electron chi connectivity index (χ4n) is 6.48. The first-order valence-electron chi connectivity index (χ1n) is 18.5. The molecule has 1 aliphatic rings. The standard InChI is InChI=1S/C42H54ClFN2O8/c1-9-51-38(47)31-20-22-35(52-24-23-50-8)37(44)36(31)32-25-28(15-21-34(32)43)33(27-13-11-10-12-14-27)26-46(40(49)54-42(5,6)7)30-18-16-29(17-19-30)45-39(48)53-41(2,3)4/h10-15,20-22,25,29-30,33H,9,16-19,23-24,26H2,1-8H3,(H,45,48). The van der Waals surface area contributed by atoms with Gasteiger partial charge in [0.2, 0.25) is 0 Å². The molecule has 0 heterocycles. The van der Waals surface area contributed by atoms with E-state index in [2.05, 4.69) is 5.32 Å². The third-order valence-corrected chi connectivity index (χ3v) is 9.21. The first kappa shape index (κ1) is 42.4. The Balaban J connectivity index is 1.76. The minimum Gasteiger partial charge on any atom is -0.488 e. The van der Waals surface area contributed by atoms with Gasteiger partial charge in [-0.05, 0) is 110 Å². The molecule has 3 aromatic carbocycles. The van der Waals surface area contributed by atoms with Crippen LogP contribution in [0.3, 0.4) is 0 Å². The lowest BCUT2D eigenvalue weighted by Gasteiger charge is -2.39. The Hall–Kier alpha value is -4.35. The normalized spacial score (nSPS) is 16.6. The van der Waals surface area contributed by atoms with E-state index in [9.17, 15) is 14.4 Å². The Morgan fingerprint density at radius 1 is 0.889 bits per heavy atom. The topological polar surface area (TPSA) is 113 Å². The van der Waals surface area contributed by atoms with Crippen LogP contribution in [0, 0.1) is 5.82 Å². The zero-order valence-corrected chi connectivity index (χ0v) is 33.4. The van der Waals surface area contributed by atoms with Crippen LogP contribution in [-0.4, -0.2) is 79.8 Å². The molecule has 0 bridgehead atoms. The molecular weight excluding hydrogens is 715 g/mol. The number of methoxy groups -OCH3 is 1. The Morgan fingerprint density at radius 3 is 2.17 bits per heavy atom. The van der Waals surface area contributed by atoms with Gasteiger partial charge in [0.15, 0.2) is 11.6 Å². The van der Waals surface area contributed by atoms with E-state index in [4.69, 9.17) is 35.3 Å². The van der Waals surface area contributed by atoms with Crippen molar-refractivity contribution in [3.8, 4) is 16.9 Å². The van der Waals surface area contributed by atoms with E-state index in [1.807, 2.05) is 77.9 Å². The molecular formula is C42H54ClFN2O8. The van der Waals surface area contributed by atoms with Crippen LogP contribution < -0.4 is 10.1 Å². The average Bonchev–Trinajstić information content (AvgIpc) is 3.09. The molecule has 54 heavy (non-hydrogen) atoms. The van der Waals surface area contributed by atoms with Gasteiger partial charge in [-0.25, -0.2) is 18.8 Å². The molecule has 0 radical (unpaired) electrons. The lowest BCUT2D eigenvalue weighted by atomic mass is 9.86.